The SMILES string of the molecule is C=Cc1ccc(CCCCC)cc1.Fc1ccc(F)c(F)c1. The first-order valence-corrected chi connectivity index (χ1v) is 7.38. The Morgan fingerprint density at radius 1 is 0.909 bits per heavy atom. The third kappa shape index (κ3) is 6.61. The maximum atomic E-state index is 12.0. The van der Waals surface area contributed by atoms with Gasteiger partial charge in [0, 0.05) is 6.07 Å². The third-order valence-corrected chi connectivity index (χ3v) is 3.17. The molecule has 3 heteroatoms. The summed E-state index contributed by atoms with van der Waals surface area (Å²) in [4.78, 5) is 0. The van der Waals surface area contributed by atoms with Gasteiger partial charge in [-0.25, -0.2) is 13.2 Å². The lowest BCUT2D eigenvalue weighted by Gasteiger charge is -2.00. The molecule has 118 valence electrons. The molecule has 0 saturated heterocycles. The van der Waals surface area contributed by atoms with Gasteiger partial charge in [-0.15, -0.1) is 0 Å². The van der Waals surface area contributed by atoms with Gasteiger partial charge < -0.3 is 0 Å². The van der Waals surface area contributed by atoms with Crippen molar-refractivity contribution in [3.05, 3.63) is 77.6 Å². The topological polar surface area (TPSA) is 0 Å². The standard InChI is InChI=1S/C13H18.C6H3F3/c1-3-5-6-7-13-10-8-12(4-2)9-11-13;7-4-1-2-5(8)6(9)3-4/h4,8-11H,2-3,5-7H2,1H3;1-3H. The lowest BCUT2D eigenvalue weighted by Crippen LogP contribution is -1.84. The van der Waals surface area contributed by atoms with Gasteiger partial charge in [0.25, 0.3) is 0 Å². The summed E-state index contributed by atoms with van der Waals surface area (Å²) in [6, 6.07) is 10.8. The van der Waals surface area contributed by atoms with Crippen molar-refractivity contribution in [1.82, 2.24) is 0 Å². The van der Waals surface area contributed by atoms with E-state index in [2.05, 4.69) is 37.8 Å². The summed E-state index contributed by atoms with van der Waals surface area (Å²) in [5.74, 6) is -2.96. The number of unbranched alkanes of at least 4 members (excludes halogenated alkanes) is 2. The summed E-state index contributed by atoms with van der Waals surface area (Å²) >= 11 is 0. The molecule has 22 heavy (non-hydrogen) atoms. The highest BCUT2D eigenvalue weighted by Crippen LogP contribution is 2.09. The Morgan fingerprint density at radius 2 is 1.59 bits per heavy atom. The van der Waals surface area contributed by atoms with Crippen LogP contribution in [-0.2, 0) is 6.42 Å². The van der Waals surface area contributed by atoms with Gasteiger partial charge in [-0.1, -0.05) is 56.7 Å². The first kappa shape index (κ1) is 18.0. The van der Waals surface area contributed by atoms with E-state index >= 15 is 0 Å². The van der Waals surface area contributed by atoms with Gasteiger partial charge in [0.2, 0.25) is 0 Å². The fourth-order valence-electron chi connectivity index (χ4n) is 1.87. The van der Waals surface area contributed by atoms with Crippen LogP contribution in [0.4, 0.5) is 13.2 Å². The molecule has 0 fully saturated rings. The molecule has 0 bridgehead atoms. The van der Waals surface area contributed by atoms with Crippen LogP contribution in [0.3, 0.4) is 0 Å². The molecule has 0 aromatic heterocycles. The normalized spacial score (nSPS) is 9.82. The minimum Gasteiger partial charge on any atom is -0.207 e. The van der Waals surface area contributed by atoms with E-state index in [-0.39, 0.29) is 0 Å². The second-order valence-electron chi connectivity index (χ2n) is 4.96. The van der Waals surface area contributed by atoms with Crippen molar-refractivity contribution in [3.63, 3.8) is 0 Å². The number of rotatable bonds is 5. The molecule has 0 amide bonds. The molecule has 0 nitrogen and oxygen atoms in total. The van der Waals surface area contributed by atoms with Crippen LogP contribution in [0.2, 0.25) is 0 Å². The summed E-state index contributed by atoms with van der Waals surface area (Å²) in [6.45, 7) is 5.97. The zero-order valence-electron chi connectivity index (χ0n) is 12.8. The van der Waals surface area contributed by atoms with Gasteiger partial charge in [0.05, 0.1) is 0 Å². The molecule has 0 atom stereocenters. The van der Waals surface area contributed by atoms with Crippen LogP contribution in [0.15, 0.2) is 49.0 Å². The van der Waals surface area contributed by atoms with Crippen molar-refractivity contribution in [3.8, 4) is 0 Å². The van der Waals surface area contributed by atoms with E-state index in [1.165, 1.54) is 36.8 Å². The third-order valence-electron chi connectivity index (χ3n) is 3.17. The summed E-state index contributed by atoms with van der Waals surface area (Å²) < 4.78 is 35.9. The molecule has 0 radical (unpaired) electrons. The van der Waals surface area contributed by atoms with Gasteiger partial charge in [-0.3, -0.25) is 0 Å². The zero-order valence-corrected chi connectivity index (χ0v) is 12.8. The quantitative estimate of drug-likeness (QED) is 0.458. The van der Waals surface area contributed by atoms with E-state index in [0.717, 1.165) is 12.1 Å². The van der Waals surface area contributed by atoms with Crippen LogP contribution < -0.4 is 0 Å². The van der Waals surface area contributed by atoms with Crippen molar-refractivity contribution in [2.24, 2.45) is 0 Å². The summed E-state index contributed by atoms with van der Waals surface area (Å²) in [5, 5.41) is 0. The van der Waals surface area contributed by atoms with E-state index < -0.39 is 17.5 Å². The number of hydrogen-bond acceptors (Lipinski definition) is 0. The molecule has 0 unspecified atom stereocenters. The van der Waals surface area contributed by atoms with Crippen LogP contribution >= 0.6 is 0 Å². The number of halogens is 3. The summed E-state index contributed by atoms with van der Waals surface area (Å²) in [6.07, 6.45) is 7.04. The first-order valence-electron chi connectivity index (χ1n) is 7.38. The maximum absolute atomic E-state index is 12.0. The Kier molecular flexibility index (Phi) is 8.05. The Bertz CT molecular complexity index is 574. The van der Waals surface area contributed by atoms with Gasteiger partial charge in [0.1, 0.15) is 5.82 Å². The predicted molar refractivity (Wildman–Crippen MR) is 86.1 cm³/mol. The van der Waals surface area contributed by atoms with Crippen molar-refractivity contribution in [2.75, 3.05) is 0 Å². The van der Waals surface area contributed by atoms with E-state index in [0.29, 0.717) is 6.07 Å². The van der Waals surface area contributed by atoms with E-state index in [4.69, 9.17) is 0 Å². The second-order valence-corrected chi connectivity index (χ2v) is 4.96. The van der Waals surface area contributed by atoms with Gasteiger partial charge >= 0.3 is 0 Å². The first-order chi connectivity index (χ1) is 10.6. The molecule has 0 spiro atoms. The largest absolute Gasteiger partial charge is 0.207 e. The lowest BCUT2D eigenvalue weighted by atomic mass is 10.1. The highest BCUT2D eigenvalue weighted by atomic mass is 19.2. The molecular weight excluding hydrogens is 285 g/mol. The summed E-state index contributed by atoms with van der Waals surface area (Å²) in [5.41, 5.74) is 2.65. The minimum atomic E-state index is -1.16. The average molecular weight is 306 g/mol. The molecule has 2 aromatic rings. The van der Waals surface area contributed by atoms with Crippen molar-refractivity contribution in [1.29, 1.82) is 0 Å². The van der Waals surface area contributed by atoms with Crippen LogP contribution in [0.5, 0.6) is 0 Å². The van der Waals surface area contributed by atoms with Gasteiger partial charge in [0.15, 0.2) is 11.6 Å². The number of hydrogen-bond donors (Lipinski definition) is 0. The highest BCUT2D eigenvalue weighted by Gasteiger charge is 1.99. The Morgan fingerprint density at radius 3 is 2.09 bits per heavy atom. The van der Waals surface area contributed by atoms with Crippen LogP contribution in [0, 0.1) is 17.5 Å². The Balaban J connectivity index is 0.000000235. The van der Waals surface area contributed by atoms with E-state index in [1.807, 2.05) is 6.08 Å². The molecule has 0 saturated carbocycles. The zero-order chi connectivity index (χ0) is 16.4. The Hall–Kier alpha value is -2.03. The van der Waals surface area contributed by atoms with Gasteiger partial charge in [-0.05, 0) is 36.1 Å². The molecule has 2 rings (SSSR count). The van der Waals surface area contributed by atoms with E-state index in [9.17, 15) is 13.2 Å². The maximum Gasteiger partial charge on any atom is 0.161 e. The molecule has 0 N–H and O–H groups in total. The fourth-order valence-corrected chi connectivity index (χ4v) is 1.87. The van der Waals surface area contributed by atoms with Crippen LogP contribution in [0.1, 0.15) is 37.3 Å². The van der Waals surface area contributed by atoms with E-state index in [1.54, 1.807) is 0 Å². The molecule has 0 heterocycles. The molecule has 0 aliphatic carbocycles. The summed E-state index contributed by atoms with van der Waals surface area (Å²) in [7, 11) is 0. The monoisotopic (exact) mass is 306 g/mol. The lowest BCUT2D eigenvalue weighted by molar-refractivity contribution is 0.495. The molecule has 0 aliphatic heterocycles. The minimum absolute atomic E-state index is 0.495. The fraction of sp³-hybridized carbons (Fsp3) is 0.263. The predicted octanol–water partition coefficient (Wildman–Crippen LogP) is 6.17. The van der Waals surface area contributed by atoms with Gasteiger partial charge in [-0.2, -0.15) is 0 Å². The second kappa shape index (κ2) is 9.82. The van der Waals surface area contributed by atoms with Crippen molar-refractivity contribution >= 4 is 6.08 Å². The number of benzene rings is 2. The highest BCUT2D eigenvalue weighted by molar-refractivity contribution is 5.47. The average Bonchev–Trinajstić information content (AvgIpc) is 2.53. The van der Waals surface area contributed by atoms with Crippen molar-refractivity contribution in [2.45, 2.75) is 32.6 Å². The Labute approximate surface area is 130 Å². The van der Waals surface area contributed by atoms with Crippen molar-refractivity contribution < 1.29 is 13.2 Å². The van der Waals surface area contributed by atoms with Crippen LogP contribution in [-0.4, -0.2) is 0 Å². The van der Waals surface area contributed by atoms with Crippen LogP contribution in [0.25, 0.3) is 6.08 Å². The molecule has 0 aliphatic rings. The molecular formula is C19H21F3. The molecule has 2 aromatic carbocycles. The number of aryl methyl sites for hydroxylation is 1. The smallest absolute Gasteiger partial charge is 0.161 e.